The van der Waals surface area contributed by atoms with Crippen LogP contribution in [-0.4, -0.2) is 17.4 Å². The summed E-state index contributed by atoms with van der Waals surface area (Å²) < 4.78 is 0. The summed E-state index contributed by atoms with van der Waals surface area (Å²) in [4.78, 5) is 0. The molecule has 0 aromatic carbocycles. The molecule has 0 atom stereocenters. The van der Waals surface area contributed by atoms with Gasteiger partial charge in [-0.2, -0.15) is 0 Å². The summed E-state index contributed by atoms with van der Waals surface area (Å²) in [7, 11) is -2.42. The van der Waals surface area contributed by atoms with Crippen molar-refractivity contribution in [2.45, 2.75) is 0 Å². The van der Waals surface area contributed by atoms with Crippen molar-refractivity contribution >= 4 is 7.32 Å². The average Bonchev–Trinajstić information content (AvgIpc) is 0.811. The van der Waals surface area contributed by atoms with Crippen LogP contribution in [0.2, 0.25) is 0 Å². The third kappa shape index (κ3) is 48.0. The minimum Gasteiger partial charge on any atom is -0.832 e. The Morgan fingerprint density at radius 1 is 1.40 bits per heavy atom. The van der Waals surface area contributed by atoms with E-state index in [2.05, 4.69) is 0 Å². The van der Waals surface area contributed by atoms with Crippen LogP contribution in [0.3, 0.4) is 0 Å². The van der Waals surface area contributed by atoms with E-state index in [-0.39, 0.29) is 29.6 Å². The molecule has 2 N–H and O–H groups in total. The molecular weight excluding hydrogens is 81.8 g/mol. The zero-order valence-corrected chi connectivity index (χ0v) is 4.88. The second kappa shape index (κ2) is 4.94. The molecule has 3 nitrogen and oxygen atoms in total. The van der Waals surface area contributed by atoms with Gasteiger partial charge < -0.3 is 15.1 Å². The van der Waals surface area contributed by atoms with Crippen molar-refractivity contribution in [1.82, 2.24) is 0 Å². The van der Waals surface area contributed by atoms with Gasteiger partial charge in [-0.05, 0) is 0 Å². The van der Waals surface area contributed by atoms with E-state index in [9.17, 15) is 0 Å². The second-order valence-electron chi connectivity index (χ2n) is 0.326. The van der Waals surface area contributed by atoms with Crippen molar-refractivity contribution in [2.75, 3.05) is 0 Å². The normalized spacial score (nSPS) is 5.40. The Balaban J connectivity index is 0. The van der Waals surface area contributed by atoms with Gasteiger partial charge in [0.25, 0.3) is 0 Å². The van der Waals surface area contributed by atoms with E-state index in [1.54, 1.807) is 0 Å². The van der Waals surface area contributed by atoms with E-state index in [1.165, 1.54) is 0 Å². The number of hydrogen-bond donors (Lipinski definition) is 2. The maximum atomic E-state index is 8.64. The van der Waals surface area contributed by atoms with Crippen LogP contribution < -0.4 is 34.6 Å². The van der Waals surface area contributed by atoms with Crippen LogP contribution in [0.15, 0.2) is 0 Å². The van der Waals surface area contributed by atoms with Gasteiger partial charge in [0.05, 0.1) is 0 Å². The van der Waals surface area contributed by atoms with E-state index in [0.29, 0.717) is 0 Å². The zero-order chi connectivity index (χ0) is 3.58. The minimum atomic E-state index is -2.42. The number of hydrogen-bond acceptors (Lipinski definition) is 3. The molecular formula is H2BNaO3. The Morgan fingerprint density at radius 2 is 1.40 bits per heavy atom. The fourth-order valence-corrected chi connectivity index (χ4v) is 0. The first-order valence-corrected chi connectivity index (χ1v) is 0.752. The standard InChI is InChI=1S/BH2O3.Na/c2-1(3)4;/h2-3H;/q-1;+1. The fraction of sp³-hybridized carbons (Fsp3) is 0. The largest absolute Gasteiger partial charge is 1.00 e. The first kappa shape index (κ1) is 9.34. The van der Waals surface area contributed by atoms with Gasteiger partial charge in [0.1, 0.15) is 0 Å². The first-order valence-electron chi connectivity index (χ1n) is 0.752. The Kier molecular flexibility index (Phi) is 9.24. The smallest absolute Gasteiger partial charge is 0.832 e. The van der Waals surface area contributed by atoms with Gasteiger partial charge in [-0.25, -0.2) is 0 Å². The van der Waals surface area contributed by atoms with E-state index in [4.69, 9.17) is 15.1 Å². The molecule has 0 aliphatic heterocycles. The molecule has 0 amide bonds. The van der Waals surface area contributed by atoms with E-state index in [1.807, 2.05) is 0 Å². The zero-order valence-electron chi connectivity index (χ0n) is 2.88. The SMILES string of the molecule is [Na+].[O-]B(O)O. The molecule has 0 fully saturated rings. The average molecular weight is 83.8 g/mol. The molecule has 0 aliphatic carbocycles. The fourth-order valence-electron chi connectivity index (χ4n) is 0. The molecule has 0 radical (unpaired) electrons. The third-order valence-corrected chi connectivity index (χ3v) is 0. The summed E-state index contributed by atoms with van der Waals surface area (Å²) in [6.45, 7) is 0. The molecule has 0 spiro atoms. The minimum absolute atomic E-state index is 0. The Bertz CT molecular complexity index is 11.6. The summed E-state index contributed by atoms with van der Waals surface area (Å²) in [6, 6.07) is 0. The molecule has 0 aromatic heterocycles. The molecule has 0 aliphatic rings. The van der Waals surface area contributed by atoms with Gasteiger partial charge >= 0.3 is 36.9 Å². The quantitative estimate of drug-likeness (QED) is 0.287. The van der Waals surface area contributed by atoms with Crippen molar-refractivity contribution < 1.29 is 44.6 Å². The van der Waals surface area contributed by atoms with Gasteiger partial charge in [-0.3, -0.25) is 0 Å². The van der Waals surface area contributed by atoms with Crippen molar-refractivity contribution in [2.24, 2.45) is 0 Å². The summed E-state index contributed by atoms with van der Waals surface area (Å²) in [6.07, 6.45) is 0. The van der Waals surface area contributed by atoms with Crippen LogP contribution in [0.4, 0.5) is 0 Å². The molecule has 0 saturated heterocycles. The van der Waals surface area contributed by atoms with Gasteiger partial charge in [-0.15, -0.1) is 0 Å². The molecule has 24 valence electrons. The van der Waals surface area contributed by atoms with Crippen LogP contribution in [0.1, 0.15) is 0 Å². The van der Waals surface area contributed by atoms with E-state index >= 15 is 0 Å². The van der Waals surface area contributed by atoms with Crippen LogP contribution in [-0.2, 0) is 0 Å². The summed E-state index contributed by atoms with van der Waals surface area (Å²) in [5.41, 5.74) is 0. The summed E-state index contributed by atoms with van der Waals surface area (Å²) in [5.74, 6) is 0. The molecule has 0 aromatic rings. The number of rotatable bonds is 0. The van der Waals surface area contributed by atoms with Crippen molar-refractivity contribution in [3.8, 4) is 0 Å². The monoisotopic (exact) mass is 84.0 g/mol. The van der Waals surface area contributed by atoms with Crippen LogP contribution in [0.25, 0.3) is 0 Å². The topological polar surface area (TPSA) is 63.5 Å². The summed E-state index contributed by atoms with van der Waals surface area (Å²) in [5, 5.41) is 22.8. The molecule has 5 heteroatoms. The molecule has 0 rings (SSSR count). The summed E-state index contributed by atoms with van der Waals surface area (Å²) >= 11 is 0. The van der Waals surface area contributed by atoms with Gasteiger partial charge in [-0.1, -0.05) is 0 Å². The van der Waals surface area contributed by atoms with E-state index < -0.39 is 7.32 Å². The van der Waals surface area contributed by atoms with Crippen LogP contribution >= 0.6 is 0 Å². The van der Waals surface area contributed by atoms with Gasteiger partial charge in [0.15, 0.2) is 0 Å². The first-order chi connectivity index (χ1) is 1.73. The third-order valence-electron chi connectivity index (χ3n) is 0. The van der Waals surface area contributed by atoms with Crippen LogP contribution in [0.5, 0.6) is 0 Å². The molecule has 0 saturated carbocycles. The predicted molar refractivity (Wildman–Crippen MR) is 10.2 cm³/mol. The Morgan fingerprint density at radius 3 is 1.40 bits per heavy atom. The maximum absolute atomic E-state index is 8.64. The van der Waals surface area contributed by atoms with E-state index in [0.717, 1.165) is 0 Å². The Hall–Kier alpha value is 0.945. The van der Waals surface area contributed by atoms with Crippen molar-refractivity contribution in [3.05, 3.63) is 0 Å². The van der Waals surface area contributed by atoms with Crippen molar-refractivity contribution in [3.63, 3.8) is 0 Å². The molecule has 0 unspecified atom stereocenters. The molecule has 0 bridgehead atoms. The molecule has 0 heterocycles. The maximum Gasteiger partial charge on any atom is 1.00 e. The Labute approximate surface area is 52.1 Å². The van der Waals surface area contributed by atoms with Gasteiger partial charge in [0.2, 0.25) is 0 Å². The van der Waals surface area contributed by atoms with Crippen molar-refractivity contribution in [1.29, 1.82) is 0 Å². The van der Waals surface area contributed by atoms with Crippen LogP contribution in [0, 0.1) is 0 Å². The second-order valence-corrected chi connectivity index (χ2v) is 0.326. The van der Waals surface area contributed by atoms with Gasteiger partial charge in [0, 0.05) is 0 Å². The molecule has 5 heavy (non-hydrogen) atoms. The predicted octanol–water partition coefficient (Wildman–Crippen LogP) is -5.68.